The SMILES string of the molecule is Cn1cc(N(CC2CCCO2)SNC(=O)OC(C)(C)C)cn1. The van der Waals surface area contributed by atoms with Crippen molar-refractivity contribution in [1.82, 2.24) is 14.5 Å². The molecule has 1 saturated heterocycles. The number of rotatable bonds is 5. The normalized spacial score (nSPS) is 18.3. The predicted molar refractivity (Wildman–Crippen MR) is 86.5 cm³/mol. The molecule has 0 radical (unpaired) electrons. The van der Waals surface area contributed by atoms with Crippen LogP contribution in [-0.4, -0.2) is 40.7 Å². The van der Waals surface area contributed by atoms with Gasteiger partial charge in [-0.2, -0.15) is 5.10 Å². The molecule has 1 unspecified atom stereocenters. The summed E-state index contributed by atoms with van der Waals surface area (Å²) in [4.78, 5) is 11.8. The van der Waals surface area contributed by atoms with E-state index in [1.54, 1.807) is 10.9 Å². The van der Waals surface area contributed by atoms with Crippen LogP contribution in [0.2, 0.25) is 0 Å². The van der Waals surface area contributed by atoms with Crippen molar-refractivity contribution in [3.8, 4) is 0 Å². The van der Waals surface area contributed by atoms with Crippen molar-refractivity contribution in [2.45, 2.75) is 45.3 Å². The van der Waals surface area contributed by atoms with Gasteiger partial charge in [-0.25, -0.2) is 9.52 Å². The Kier molecular flexibility index (Phi) is 5.57. The van der Waals surface area contributed by atoms with Crippen LogP contribution in [0.3, 0.4) is 0 Å². The van der Waals surface area contributed by atoms with Crippen molar-refractivity contribution in [2.24, 2.45) is 7.05 Å². The number of aromatic nitrogens is 2. The highest BCUT2D eigenvalue weighted by Gasteiger charge is 2.23. The lowest BCUT2D eigenvalue weighted by Gasteiger charge is -2.25. The molecule has 0 bridgehead atoms. The molecular weight excluding hydrogens is 304 g/mol. The fourth-order valence-electron chi connectivity index (χ4n) is 2.10. The number of anilines is 1. The van der Waals surface area contributed by atoms with Gasteiger partial charge in [0.1, 0.15) is 5.60 Å². The number of amides is 1. The van der Waals surface area contributed by atoms with Crippen LogP contribution >= 0.6 is 12.1 Å². The molecule has 0 aliphatic carbocycles. The zero-order valence-corrected chi connectivity index (χ0v) is 14.4. The molecule has 0 spiro atoms. The highest BCUT2D eigenvalue weighted by atomic mass is 32.2. The molecule has 8 heteroatoms. The van der Waals surface area contributed by atoms with Gasteiger partial charge in [-0.3, -0.25) is 8.99 Å². The minimum Gasteiger partial charge on any atom is -0.443 e. The molecule has 0 aromatic carbocycles. The van der Waals surface area contributed by atoms with Gasteiger partial charge in [-0.15, -0.1) is 0 Å². The van der Waals surface area contributed by atoms with Crippen LogP contribution in [0.1, 0.15) is 33.6 Å². The lowest BCUT2D eigenvalue weighted by atomic mass is 10.2. The molecule has 1 aromatic heterocycles. The van der Waals surface area contributed by atoms with Gasteiger partial charge in [-0.1, -0.05) is 0 Å². The largest absolute Gasteiger partial charge is 0.443 e. The van der Waals surface area contributed by atoms with E-state index < -0.39 is 11.7 Å². The summed E-state index contributed by atoms with van der Waals surface area (Å²) < 4.78 is 17.3. The Bertz CT molecular complexity index is 495. The molecule has 124 valence electrons. The smallest absolute Gasteiger partial charge is 0.419 e. The van der Waals surface area contributed by atoms with Crippen molar-refractivity contribution in [3.05, 3.63) is 12.4 Å². The van der Waals surface area contributed by atoms with E-state index in [2.05, 4.69) is 9.82 Å². The van der Waals surface area contributed by atoms with Crippen LogP contribution in [0, 0.1) is 0 Å². The van der Waals surface area contributed by atoms with E-state index in [9.17, 15) is 4.79 Å². The van der Waals surface area contributed by atoms with E-state index in [1.807, 2.05) is 38.3 Å². The van der Waals surface area contributed by atoms with Crippen molar-refractivity contribution in [2.75, 3.05) is 17.5 Å². The number of carbonyl (C=O) groups excluding carboxylic acids is 1. The van der Waals surface area contributed by atoms with E-state index in [0.29, 0.717) is 6.54 Å². The summed E-state index contributed by atoms with van der Waals surface area (Å²) in [6, 6.07) is 0. The number of hydrogen-bond donors (Lipinski definition) is 1. The monoisotopic (exact) mass is 328 g/mol. The standard InChI is InChI=1S/C14H24N4O3S/c1-14(2,3)21-13(19)16-22-18(10-12-6-5-7-20-12)11-8-15-17(4)9-11/h8-9,12H,5-7,10H2,1-4H3,(H,16,19). The van der Waals surface area contributed by atoms with Crippen LogP contribution in [-0.2, 0) is 16.5 Å². The Balaban J connectivity index is 1.93. The molecule has 1 amide bonds. The Morgan fingerprint density at radius 2 is 2.41 bits per heavy atom. The third kappa shape index (κ3) is 5.42. The summed E-state index contributed by atoms with van der Waals surface area (Å²) in [5, 5.41) is 4.18. The molecule has 2 heterocycles. The summed E-state index contributed by atoms with van der Waals surface area (Å²) in [7, 11) is 1.86. The topological polar surface area (TPSA) is 68.6 Å². The zero-order valence-electron chi connectivity index (χ0n) is 13.5. The average molecular weight is 328 g/mol. The lowest BCUT2D eigenvalue weighted by molar-refractivity contribution is 0.0574. The maximum Gasteiger partial charge on any atom is 0.419 e. The molecule has 1 fully saturated rings. The summed E-state index contributed by atoms with van der Waals surface area (Å²) in [6.45, 7) is 7.00. The van der Waals surface area contributed by atoms with Crippen LogP contribution in [0.25, 0.3) is 0 Å². The number of nitrogens with one attached hydrogen (secondary N) is 1. The summed E-state index contributed by atoms with van der Waals surface area (Å²) in [5.74, 6) is 0. The van der Waals surface area contributed by atoms with Gasteiger partial charge in [-0.05, 0) is 33.6 Å². The number of carbonyl (C=O) groups is 1. The quantitative estimate of drug-likeness (QED) is 0.838. The van der Waals surface area contributed by atoms with E-state index in [-0.39, 0.29) is 6.10 Å². The highest BCUT2D eigenvalue weighted by molar-refractivity contribution is 7.99. The molecule has 0 saturated carbocycles. The Morgan fingerprint density at radius 3 is 2.95 bits per heavy atom. The second-order valence-corrected chi connectivity index (χ2v) is 7.09. The third-order valence-corrected chi connectivity index (χ3v) is 3.85. The first kappa shape index (κ1) is 17.0. The van der Waals surface area contributed by atoms with Gasteiger partial charge in [0.05, 0.1) is 36.7 Å². The second-order valence-electron chi connectivity index (χ2n) is 6.26. The van der Waals surface area contributed by atoms with Crippen LogP contribution < -0.4 is 9.03 Å². The number of nitrogens with zero attached hydrogens (tertiary/aromatic N) is 3. The van der Waals surface area contributed by atoms with Crippen molar-refractivity contribution < 1.29 is 14.3 Å². The fourth-order valence-corrected chi connectivity index (χ4v) is 2.76. The van der Waals surface area contributed by atoms with Crippen molar-refractivity contribution in [1.29, 1.82) is 0 Å². The first-order valence-corrected chi connectivity index (χ1v) is 8.14. The average Bonchev–Trinajstić information content (AvgIpc) is 3.03. The summed E-state index contributed by atoms with van der Waals surface area (Å²) in [6.07, 6.45) is 5.49. The molecule has 7 nitrogen and oxygen atoms in total. The molecule has 22 heavy (non-hydrogen) atoms. The van der Waals surface area contributed by atoms with Crippen LogP contribution in [0.5, 0.6) is 0 Å². The van der Waals surface area contributed by atoms with E-state index in [1.165, 1.54) is 12.1 Å². The minimum absolute atomic E-state index is 0.174. The van der Waals surface area contributed by atoms with Crippen molar-refractivity contribution in [3.63, 3.8) is 0 Å². The molecule has 1 atom stereocenters. The maximum absolute atomic E-state index is 11.8. The molecule has 1 aliphatic rings. The summed E-state index contributed by atoms with van der Waals surface area (Å²) in [5.41, 5.74) is 0.400. The Morgan fingerprint density at radius 1 is 1.64 bits per heavy atom. The molecule has 1 aliphatic heterocycles. The van der Waals surface area contributed by atoms with Crippen LogP contribution in [0.4, 0.5) is 10.5 Å². The third-order valence-electron chi connectivity index (χ3n) is 3.01. The fraction of sp³-hybridized carbons (Fsp3) is 0.714. The zero-order chi connectivity index (χ0) is 16.2. The molecule has 1 aromatic rings. The number of ether oxygens (including phenoxy) is 2. The van der Waals surface area contributed by atoms with Gasteiger partial charge in [0.25, 0.3) is 0 Å². The second kappa shape index (κ2) is 7.23. The first-order valence-electron chi connectivity index (χ1n) is 7.37. The van der Waals surface area contributed by atoms with Gasteiger partial charge in [0, 0.05) is 19.9 Å². The van der Waals surface area contributed by atoms with Crippen molar-refractivity contribution >= 4 is 23.9 Å². The molecule has 2 rings (SSSR count). The Labute approximate surface area is 135 Å². The van der Waals surface area contributed by atoms with Gasteiger partial charge < -0.3 is 9.47 Å². The highest BCUT2D eigenvalue weighted by Crippen LogP contribution is 2.24. The van der Waals surface area contributed by atoms with Gasteiger partial charge >= 0.3 is 6.09 Å². The van der Waals surface area contributed by atoms with Crippen LogP contribution in [0.15, 0.2) is 12.4 Å². The minimum atomic E-state index is -0.516. The molecular formula is C14H24N4O3S. The lowest BCUT2D eigenvalue weighted by Crippen LogP contribution is -2.34. The van der Waals surface area contributed by atoms with Gasteiger partial charge in [0.15, 0.2) is 0 Å². The van der Waals surface area contributed by atoms with Gasteiger partial charge in [0.2, 0.25) is 0 Å². The number of hydrogen-bond acceptors (Lipinski definition) is 6. The van der Waals surface area contributed by atoms with E-state index in [4.69, 9.17) is 9.47 Å². The number of aryl methyl sites for hydroxylation is 1. The Hall–Kier alpha value is -1.41. The van der Waals surface area contributed by atoms with E-state index in [0.717, 1.165) is 25.1 Å². The molecule has 1 N–H and O–H groups in total. The maximum atomic E-state index is 11.8. The predicted octanol–water partition coefficient (Wildman–Crippen LogP) is 2.49. The first-order chi connectivity index (χ1) is 10.3. The summed E-state index contributed by atoms with van der Waals surface area (Å²) >= 11 is 1.20. The van der Waals surface area contributed by atoms with E-state index >= 15 is 0 Å².